The number of nitrogens with one attached hydrogen (secondary N) is 1. The van der Waals surface area contributed by atoms with Crippen LogP contribution in [0.2, 0.25) is 0 Å². The first kappa shape index (κ1) is 12.7. The molecule has 16 heavy (non-hydrogen) atoms. The van der Waals surface area contributed by atoms with Crippen LogP contribution < -0.4 is 11.1 Å². The fourth-order valence-electron chi connectivity index (χ4n) is 1.28. The van der Waals surface area contributed by atoms with Gasteiger partial charge in [-0.15, -0.1) is 0 Å². The molecule has 0 saturated carbocycles. The molecule has 0 saturated heterocycles. The molecule has 0 aliphatic carbocycles. The third-order valence-corrected chi connectivity index (χ3v) is 2.05. The van der Waals surface area contributed by atoms with Gasteiger partial charge >= 0.3 is 0 Å². The van der Waals surface area contributed by atoms with E-state index in [2.05, 4.69) is 22.2 Å². The zero-order valence-corrected chi connectivity index (χ0v) is 9.99. The molecule has 1 rings (SSSR count). The summed E-state index contributed by atoms with van der Waals surface area (Å²) >= 11 is 0. The van der Waals surface area contributed by atoms with E-state index >= 15 is 0 Å². The van der Waals surface area contributed by atoms with E-state index in [4.69, 9.17) is 10.5 Å². The van der Waals surface area contributed by atoms with Crippen molar-refractivity contribution in [2.75, 3.05) is 30.8 Å². The summed E-state index contributed by atoms with van der Waals surface area (Å²) in [4.78, 5) is 8.21. The van der Waals surface area contributed by atoms with Gasteiger partial charge in [-0.05, 0) is 13.3 Å². The van der Waals surface area contributed by atoms with Crippen LogP contribution in [0.3, 0.4) is 0 Å². The first-order valence-electron chi connectivity index (χ1n) is 5.65. The van der Waals surface area contributed by atoms with E-state index in [0.717, 1.165) is 31.8 Å². The maximum absolute atomic E-state index is 5.61. The Bertz CT molecular complexity index is 297. The molecule has 0 aliphatic rings. The van der Waals surface area contributed by atoms with Crippen LogP contribution in [0, 0.1) is 6.92 Å². The van der Waals surface area contributed by atoms with Crippen molar-refractivity contribution < 1.29 is 4.74 Å². The molecule has 0 aromatic carbocycles. The Balaban J connectivity index is 2.21. The third-order valence-electron chi connectivity index (χ3n) is 2.05. The number of nitrogens with zero attached hydrogens (tertiary/aromatic N) is 2. The van der Waals surface area contributed by atoms with E-state index in [9.17, 15) is 0 Å². The fraction of sp³-hybridized carbons (Fsp3) is 0.636. The van der Waals surface area contributed by atoms with Crippen molar-refractivity contribution >= 4 is 11.6 Å². The number of nitrogen functional groups attached to an aromatic ring is 1. The molecule has 90 valence electrons. The van der Waals surface area contributed by atoms with Crippen LogP contribution in [-0.4, -0.2) is 29.7 Å². The normalized spacial score (nSPS) is 10.4. The Hall–Kier alpha value is -1.36. The monoisotopic (exact) mass is 224 g/mol. The summed E-state index contributed by atoms with van der Waals surface area (Å²) in [6.45, 7) is 6.21. The van der Waals surface area contributed by atoms with Crippen LogP contribution in [0.25, 0.3) is 0 Å². The molecule has 0 bridgehead atoms. The van der Waals surface area contributed by atoms with E-state index in [-0.39, 0.29) is 0 Å². The maximum atomic E-state index is 5.61. The van der Waals surface area contributed by atoms with E-state index < -0.39 is 0 Å². The summed E-state index contributed by atoms with van der Waals surface area (Å²) in [7, 11) is 0. The van der Waals surface area contributed by atoms with Crippen LogP contribution in [0.4, 0.5) is 11.6 Å². The van der Waals surface area contributed by atoms with Gasteiger partial charge in [0.05, 0.1) is 6.61 Å². The van der Waals surface area contributed by atoms with Gasteiger partial charge < -0.3 is 15.8 Å². The van der Waals surface area contributed by atoms with Crippen molar-refractivity contribution in [2.24, 2.45) is 0 Å². The highest BCUT2D eigenvalue weighted by Gasteiger charge is 1.97. The maximum Gasteiger partial charge on any atom is 0.131 e. The summed E-state index contributed by atoms with van der Waals surface area (Å²) in [6.07, 6.45) is 2.27. The Morgan fingerprint density at radius 3 is 2.88 bits per heavy atom. The molecular weight excluding hydrogens is 204 g/mol. The number of aromatic nitrogens is 2. The van der Waals surface area contributed by atoms with Crippen molar-refractivity contribution in [3.63, 3.8) is 0 Å². The number of aryl methyl sites for hydroxylation is 1. The topological polar surface area (TPSA) is 73.1 Å². The minimum Gasteiger partial charge on any atom is -0.384 e. The number of hydrogen-bond acceptors (Lipinski definition) is 5. The molecule has 0 aliphatic heterocycles. The number of hydrogen-bond donors (Lipinski definition) is 2. The molecule has 1 aromatic rings. The Kier molecular flexibility index (Phi) is 5.56. The molecule has 0 fully saturated rings. The Morgan fingerprint density at radius 2 is 2.19 bits per heavy atom. The van der Waals surface area contributed by atoms with E-state index in [1.54, 1.807) is 6.07 Å². The van der Waals surface area contributed by atoms with Gasteiger partial charge in [0.1, 0.15) is 17.5 Å². The molecule has 0 spiro atoms. The molecule has 5 heteroatoms. The number of anilines is 2. The molecule has 3 N–H and O–H groups in total. The summed E-state index contributed by atoms with van der Waals surface area (Å²) in [5, 5.41) is 3.15. The predicted molar refractivity (Wildman–Crippen MR) is 65.4 cm³/mol. The molecule has 0 radical (unpaired) electrons. The fourth-order valence-corrected chi connectivity index (χ4v) is 1.28. The number of unbranched alkanes of at least 4 members (excludes halogenated alkanes) is 1. The lowest BCUT2D eigenvalue weighted by Crippen LogP contribution is -2.12. The minimum absolute atomic E-state index is 0.488. The van der Waals surface area contributed by atoms with Crippen molar-refractivity contribution in [1.82, 2.24) is 9.97 Å². The van der Waals surface area contributed by atoms with Crippen molar-refractivity contribution in [3.8, 4) is 0 Å². The standard InChI is InChI=1S/C11H20N4O/c1-3-4-6-16-7-5-13-11-8-10(12)14-9(2)15-11/h8H,3-7H2,1-2H3,(H3,12,13,14,15). The number of rotatable bonds is 7. The third kappa shape index (κ3) is 4.93. The van der Waals surface area contributed by atoms with Gasteiger partial charge in [0.15, 0.2) is 0 Å². The molecule has 0 unspecified atom stereocenters. The highest BCUT2D eigenvalue weighted by molar-refractivity contribution is 5.44. The molecule has 0 amide bonds. The largest absolute Gasteiger partial charge is 0.384 e. The highest BCUT2D eigenvalue weighted by atomic mass is 16.5. The Labute approximate surface area is 96.4 Å². The van der Waals surface area contributed by atoms with Crippen LogP contribution in [-0.2, 0) is 4.74 Å². The average Bonchev–Trinajstić information content (AvgIpc) is 2.22. The zero-order valence-electron chi connectivity index (χ0n) is 9.99. The lowest BCUT2D eigenvalue weighted by Gasteiger charge is -2.07. The Morgan fingerprint density at radius 1 is 1.38 bits per heavy atom. The summed E-state index contributed by atoms with van der Waals surface area (Å²) in [5.41, 5.74) is 5.61. The van der Waals surface area contributed by atoms with Gasteiger partial charge in [0, 0.05) is 19.2 Å². The minimum atomic E-state index is 0.488. The van der Waals surface area contributed by atoms with E-state index in [1.165, 1.54) is 0 Å². The van der Waals surface area contributed by atoms with Gasteiger partial charge in [-0.25, -0.2) is 9.97 Å². The summed E-state index contributed by atoms with van der Waals surface area (Å²) < 4.78 is 5.42. The predicted octanol–water partition coefficient (Wildman–Crippen LogP) is 1.60. The number of nitrogens with two attached hydrogens (primary N) is 1. The summed E-state index contributed by atoms with van der Waals surface area (Å²) in [6, 6.07) is 1.72. The van der Waals surface area contributed by atoms with E-state index in [1.807, 2.05) is 6.92 Å². The van der Waals surface area contributed by atoms with Gasteiger partial charge in [0.2, 0.25) is 0 Å². The number of ether oxygens (including phenoxy) is 1. The zero-order chi connectivity index (χ0) is 11.8. The summed E-state index contributed by atoms with van der Waals surface area (Å²) in [5.74, 6) is 1.92. The van der Waals surface area contributed by atoms with Gasteiger partial charge in [-0.1, -0.05) is 13.3 Å². The van der Waals surface area contributed by atoms with Crippen LogP contribution >= 0.6 is 0 Å². The average molecular weight is 224 g/mol. The molecule has 1 heterocycles. The second kappa shape index (κ2) is 7.00. The van der Waals surface area contributed by atoms with Gasteiger partial charge in [0.25, 0.3) is 0 Å². The highest BCUT2D eigenvalue weighted by Crippen LogP contribution is 2.06. The van der Waals surface area contributed by atoms with Crippen LogP contribution in [0.5, 0.6) is 0 Å². The van der Waals surface area contributed by atoms with Gasteiger partial charge in [-0.3, -0.25) is 0 Å². The molecule has 5 nitrogen and oxygen atoms in total. The van der Waals surface area contributed by atoms with Crippen molar-refractivity contribution in [1.29, 1.82) is 0 Å². The quantitative estimate of drug-likeness (QED) is 0.688. The molecule has 1 aromatic heterocycles. The lowest BCUT2D eigenvalue weighted by atomic mass is 10.4. The lowest BCUT2D eigenvalue weighted by molar-refractivity contribution is 0.141. The first-order valence-corrected chi connectivity index (χ1v) is 5.65. The van der Waals surface area contributed by atoms with Crippen molar-refractivity contribution in [2.45, 2.75) is 26.7 Å². The second-order valence-electron chi connectivity index (χ2n) is 3.62. The van der Waals surface area contributed by atoms with Crippen molar-refractivity contribution in [3.05, 3.63) is 11.9 Å². The second-order valence-corrected chi connectivity index (χ2v) is 3.62. The SMILES string of the molecule is CCCCOCCNc1cc(N)nc(C)n1. The van der Waals surface area contributed by atoms with Crippen LogP contribution in [0.1, 0.15) is 25.6 Å². The van der Waals surface area contributed by atoms with Crippen LogP contribution in [0.15, 0.2) is 6.07 Å². The molecular formula is C11H20N4O. The first-order chi connectivity index (χ1) is 7.72. The van der Waals surface area contributed by atoms with Gasteiger partial charge in [-0.2, -0.15) is 0 Å². The molecule has 0 atom stereocenters. The van der Waals surface area contributed by atoms with E-state index in [0.29, 0.717) is 18.2 Å². The smallest absolute Gasteiger partial charge is 0.131 e.